The number of nitrogens with zero attached hydrogens (tertiary/aromatic N) is 4. The first kappa shape index (κ1) is 23.8. The number of aromatic amines is 1. The molecule has 2 fully saturated rings. The first-order valence-corrected chi connectivity index (χ1v) is 13.0. The predicted molar refractivity (Wildman–Crippen MR) is 137 cm³/mol. The fraction of sp³-hybridized carbons (Fsp3) is 0.500. The van der Waals surface area contributed by atoms with E-state index in [0.717, 1.165) is 57.6 Å². The predicted octanol–water partition coefficient (Wildman–Crippen LogP) is 2.81. The molecule has 2 saturated heterocycles. The number of hydrogen-bond acceptors (Lipinski definition) is 9. The van der Waals surface area contributed by atoms with E-state index >= 15 is 0 Å². The summed E-state index contributed by atoms with van der Waals surface area (Å²) in [6, 6.07) is 6.01. The zero-order chi connectivity index (χ0) is 25.2. The lowest BCUT2D eigenvalue weighted by Gasteiger charge is -2.40. The maximum Gasteiger partial charge on any atom is 0.257 e. The van der Waals surface area contributed by atoms with Gasteiger partial charge in [-0.25, -0.2) is 0 Å². The van der Waals surface area contributed by atoms with Crippen molar-refractivity contribution in [3.8, 4) is 17.4 Å². The van der Waals surface area contributed by atoms with Gasteiger partial charge < -0.3 is 34.1 Å². The Morgan fingerprint density at radius 2 is 1.84 bits per heavy atom. The number of piperidine rings is 1. The summed E-state index contributed by atoms with van der Waals surface area (Å²) in [5.41, 5.74) is 1.81. The third-order valence-electron chi connectivity index (χ3n) is 7.14. The van der Waals surface area contributed by atoms with Gasteiger partial charge in [-0.3, -0.25) is 9.69 Å². The normalized spacial score (nSPS) is 18.7. The first-order valence-electron chi connectivity index (χ1n) is 13.0. The quantitative estimate of drug-likeness (QED) is 0.519. The largest absolute Gasteiger partial charge is 0.485 e. The minimum atomic E-state index is -0.0311. The lowest BCUT2D eigenvalue weighted by atomic mass is 10.0. The van der Waals surface area contributed by atoms with E-state index in [1.807, 2.05) is 24.0 Å². The van der Waals surface area contributed by atoms with E-state index in [-0.39, 0.29) is 5.91 Å². The van der Waals surface area contributed by atoms with E-state index in [1.165, 1.54) is 0 Å². The van der Waals surface area contributed by atoms with Crippen molar-refractivity contribution < 1.29 is 23.7 Å². The Balaban J connectivity index is 1.22. The Hall–Kier alpha value is -3.57. The van der Waals surface area contributed by atoms with Crippen LogP contribution in [0.25, 0.3) is 11.0 Å². The van der Waals surface area contributed by atoms with Crippen LogP contribution in [0.15, 0.2) is 24.4 Å². The van der Waals surface area contributed by atoms with E-state index in [4.69, 9.17) is 18.9 Å². The van der Waals surface area contributed by atoms with Gasteiger partial charge in [0, 0.05) is 38.4 Å². The standard InChI is InChI=1S/C26H32N6O5/c1-2-35-24-19-5-8-27-23(19)29-26(30-24)28-20-4-3-18(21-22(20)37-16-15-36-21)25(33)32-9-6-17(7-10-32)31-11-13-34-14-12-31/h3-5,8,17H,2,6-7,9-16H2,1H3,(H2,27,28,29,30). The minimum absolute atomic E-state index is 0.0311. The average Bonchev–Trinajstić information content (AvgIpc) is 3.43. The molecule has 0 atom stereocenters. The zero-order valence-electron chi connectivity index (χ0n) is 21.0. The highest BCUT2D eigenvalue weighted by atomic mass is 16.6. The van der Waals surface area contributed by atoms with Crippen molar-refractivity contribution in [1.82, 2.24) is 24.8 Å². The number of likely N-dealkylation sites (tertiary alicyclic amines) is 1. The summed E-state index contributed by atoms with van der Waals surface area (Å²) >= 11 is 0. The highest BCUT2D eigenvalue weighted by molar-refractivity contribution is 5.99. The molecular formula is C26H32N6O5. The molecule has 11 heteroatoms. The Bertz CT molecular complexity index is 1270. The molecular weight excluding hydrogens is 476 g/mol. The van der Waals surface area contributed by atoms with Crippen molar-refractivity contribution in [2.24, 2.45) is 0 Å². The average molecular weight is 509 g/mol. The van der Waals surface area contributed by atoms with Gasteiger partial charge in [0.05, 0.1) is 36.5 Å². The minimum Gasteiger partial charge on any atom is -0.485 e. The molecule has 0 bridgehead atoms. The van der Waals surface area contributed by atoms with Crippen LogP contribution in [0, 0.1) is 0 Å². The van der Waals surface area contributed by atoms with E-state index in [2.05, 4.69) is 25.2 Å². The molecule has 3 aliphatic rings. The van der Waals surface area contributed by atoms with Crippen LogP contribution in [-0.2, 0) is 4.74 Å². The fourth-order valence-electron chi connectivity index (χ4n) is 5.29. The van der Waals surface area contributed by atoms with Crippen LogP contribution in [0.4, 0.5) is 11.6 Å². The SMILES string of the molecule is CCOc1nc(Nc2ccc(C(=O)N3CCC(N4CCOCC4)CC3)c3c2OCCO3)nc2[nH]ccc12. The van der Waals surface area contributed by atoms with E-state index in [1.54, 1.807) is 12.3 Å². The molecule has 0 radical (unpaired) electrons. The molecule has 3 aromatic rings. The smallest absolute Gasteiger partial charge is 0.257 e. The molecule has 1 amide bonds. The van der Waals surface area contributed by atoms with Gasteiger partial charge in [-0.15, -0.1) is 0 Å². The van der Waals surface area contributed by atoms with Gasteiger partial charge in [0.15, 0.2) is 11.5 Å². The third-order valence-corrected chi connectivity index (χ3v) is 7.14. The molecule has 2 N–H and O–H groups in total. The van der Waals surface area contributed by atoms with Gasteiger partial charge in [0.2, 0.25) is 11.8 Å². The second-order valence-electron chi connectivity index (χ2n) is 9.34. The number of fused-ring (bicyclic) bond motifs is 2. The van der Waals surface area contributed by atoms with Gasteiger partial charge in [-0.1, -0.05) is 0 Å². The third kappa shape index (κ3) is 4.76. The monoisotopic (exact) mass is 508 g/mol. The number of aromatic nitrogens is 3. The number of carbonyl (C=O) groups excluding carboxylic acids is 1. The molecule has 3 aliphatic heterocycles. The fourth-order valence-corrected chi connectivity index (χ4v) is 5.29. The van der Waals surface area contributed by atoms with Crippen LogP contribution in [-0.4, -0.2) is 95.9 Å². The summed E-state index contributed by atoms with van der Waals surface area (Å²) in [5.74, 6) is 1.78. The summed E-state index contributed by atoms with van der Waals surface area (Å²) in [4.78, 5) is 30.2. The van der Waals surface area contributed by atoms with Gasteiger partial charge in [-0.2, -0.15) is 9.97 Å². The summed E-state index contributed by atoms with van der Waals surface area (Å²) in [7, 11) is 0. The number of anilines is 2. The summed E-state index contributed by atoms with van der Waals surface area (Å²) in [6.07, 6.45) is 3.73. The number of carbonyl (C=O) groups is 1. The van der Waals surface area contributed by atoms with Gasteiger partial charge >= 0.3 is 0 Å². The van der Waals surface area contributed by atoms with Crippen LogP contribution in [0.3, 0.4) is 0 Å². The van der Waals surface area contributed by atoms with Crippen molar-refractivity contribution in [1.29, 1.82) is 0 Å². The van der Waals surface area contributed by atoms with Crippen LogP contribution in [0.5, 0.6) is 17.4 Å². The molecule has 2 aromatic heterocycles. The Morgan fingerprint density at radius 3 is 2.62 bits per heavy atom. The number of hydrogen-bond donors (Lipinski definition) is 2. The number of morpholine rings is 1. The lowest BCUT2D eigenvalue weighted by Crippen LogP contribution is -2.50. The lowest BCUT2D eigenvalue weighted by molar-refractivity contribution is 0.00152. The van der Waals surface area contributed by atoms with E-state index < -0.39 is 0 Å². The molecule has 0 unspecified atom stereocenters. The molecule has 1 aromatic carbocycles. The summed E-state index contributed by atoms with van der Waals surface area (Å²) in [5, 5.41) is 4.05. The molecule has 0 aliphatic carbocycles. The number of benzene rings is 1. The molecule has 0 saturated carbocycles. The van der Waals surface area contributed by atoms with E-state index in [9.17, 15) is 4.79 Å². The number of amides is 1. The molecule has 5 heterocycles. The van der Waals surface area contributed by atoms with Crippen molar-refractivity contribution in [3.63, 3.8) is 0 Å². The van der Waals surface area contributed by atoms with Gasteiger partial charge in [-0.05, 0) is 38.0 Å². The summed E-state index contributed by atoms with van der Waals surface area (Å²) in [6.45, 7) is 8.15. The number of ether oxygens (including phenoxy) is 4. The topological polar surface area (TPSA) is 114 Å². The van der Waals surface area contributed by atoms with Crippen molar-refractivity contribution in [2.45, 2.75) is 25.8 Å². The number of nitrogens with one attached hydrogen (secondary N) is 2. The molecule has 0 spiro atoms. The van der Waals surface area contributed by atoms with Crippen LogP contribution in [0.2, 0.25) is 0 Å². The second-order valence-corrected chi connectivity index (χ2v) is 9.34. The molecule has 11 nitrogen and oxygen atoms in total. The number of rotatable bonds is 6. The zero-order valence-corrected chi connectivity index (χ0v) is 21.0. The molecule has 37 heavy (non-hydrogen) atoms. The second kappa shape index (κ2) is 10.4. The molecule has 6 rings (SSSR count). The summed E-state index contributed by atoms with van der Waals surface area (Å²) < 4.78 is 23.1. The van der Waals surface area contributed by atoms with Gasteiger partial charge in [0.25, 0.3) is 5.91 Å². The van der Waals surface area contributed by atoms with Crippen LogP contribution in [0.1, 0.15) is 30.1 Å². The Kier molecular flexibility index (Phi) is 6.71. The Labute approximate surface area is 215 Å². The maximum atomic E-state index is 13.5. The van der Waals surface area contributed by atoms with Crippen molar-refractivity contribution in [3.05, 3.63) is 30.0 Å². The first-order chi connectivity index (χ1) is 18.2. The number of H-pyrrole nitrogens is 1. The van der Waals surface area contributed by atoms with Crippen molar-refractivity contribution >= 4 is 28.6 Å². The van der Waals surface area contributed by atoms with Crippen molar-refractivity contribution in [2.75, 3.05) is 64.5 Å². The molecule has 196 valence electrons. The van der Waals surface area contributed by atoms with Gasteiger partial charge in [0.1, 0.15) is 18.9 Å². The van der Waals surface area contributed by atoms with Crippen LogP contribution < -0.4 is 19.5 Å². The Morgan fingerprint density at radius 1 is 1.05 bits per heavy atom. The van der Waals surface area contributed by atoms with Crippen LogP contribution >= 0.6 is 0 Å². The van der Waals surface area contributed by atoms with E-state index in [0.29, 0.717) is 66.1 Å². The highest BCUT2D eigenvalue weighted by Crippen LogP contribution is 2.42. The maximum absolute atomic E-state index is 13.5. The highest BCUT2D eigenvalue weighted by Gasteiger charge is 2.31.